The van der Waals surface area contributed by atoms with E-state index >= 15 is 0 Å². The Balaban J connectivity index is 2.77. The van der Waals surface area contributed by atoms with Gasteiger partial charge >= 0.3 is 0 Å². The lowest BCUT2D eigenvalue weighted by Crippen LogP contribution is -2.08. The predicted octanol–water partition coefficient (Wildman–Crippen LogP) is 3.92. The van der Waals surface area contributed by atoms with E-state index in [2.05, 4.69) is 27.7 Å². The van der Waals surface area contributed by atoms with Crippen molar-refractivity contribution in [2.24, 2.45) is 5.41 Å². The third-order valence-corrected chi connectivity index (χ3v) is 2.86. The number of rotatable bonds is 0. The molecular formula is C11H20. The van der Waals surface area contributed by atoms with E-state index in [0.717, 1.165) is 0 Å². The van der Waals surface area contributed by atoms with Gasteiger partial charge in [-0.15, -0.1) is 0 Å². The first-order chi connectivity index (χ1) is 5.02. The zero-order chi connectivity index (χ0) is 8.48. The summed E-state index contributed by atoms with van der Waals surface area (Å²) in [6.45, 7) is 9.25. The van der Waals surface area contributed by atoms with Gasteiger partial charge in [-0.3, -0.25) is 0 Å². The number of hydrogen-bond donors (Lipinski definition) is 0. The molecule has 0 unspecified atom stereocenters. The minimum atomic E-state index is 0.402. The van der Waals surface area contributed by atoms with Crippen molar-refractivity contribution in [3.63, 3.8) is 0 Å². The molecule has 1 aliphatic carbocycles. The zero-order valence-corrected chi connectivity index (χ0v) is 8.33. The fourth-order valence-corrected chi connectivity index (χ4v) is 1.71. The molecule has 1 saturated carbocycles. The molecule has 1 fully saturated rings. The second kappa shape index (κ2) is 3.00. The SMILES string of the molecule is CC(=C1CCCC1)C(C)(C)C. The van der Waals surface area contributed by atoms with Crippen LogP contribution < -0.4 is 0 Å². The highest BCUT2D eigenvalue weighted by molar-refractivity contribution is 5.19. The Morgan fingerprint density at radius 2 is 1.55 bits per heavy atom. The Labute approximate surface area is 70.7 Å². The Kier molecular flexibility index (Phi) is 2.41. The van der Waals surface area contributed by atoms with Crippen LogP contribution in [0.5, 0.6) is 0 Å². The predicted molar refractivity (Wildman–Crippen MR) is 50.6 cm³/mol. The molecule has 0 atom stereocenters. The first-order valence-electron chi connectivity index (χ1n) is 4.71. The van der Waals surface area contributed by atoms with E-state index in [0.29, 0.717) is 5.41 Å². The molecule has 0 aromatic heterocycles. The molecule has 0 amide bonds. The standard InChI is InChI=1S/C11H20/c1-9(11(2,3)4)10-7-5-6-8-10/h5-8H2,1-4H3. The molecule has 0 aromatic carbocycles. The maximum absolute atomic E-state index is 2.31. The van der Waals surface area contributed by atoms with Crippen LogP contribution in [-0.4, -0.2) is 0 Å². The molecule has 0 aliphatic heterocycles. The molecule has 0 spiro atoms. The summed E-state index contributed by atoms with van der Waals surface area (Å²) in [5.74, 6) is 0. The van der Waals surface area contributed by atoms with E-state index in [4.69, 9.17) is 0 Å². The summed E-state index contributed by atoms with van der Waals surface area (Å²) in [6.07, 6.45) is 5.57. The fraction of sp³-hybridized carbons (Fsp3) is 0.818. The summed E-state index contributed by atoms with van der Waals surface area (Å²) >= 11 is 0. The van der Waals surface area contributed by atoms with E-state index in [1.54, 1.807) is 11.1 Å². The van der Waals surface area contributed by atoms with Crippen molar-refractivity contribution in [1.29, 1.82) is 0 Å². The Morgan fingerprint density at radius 1 is 1.09 bits per heavy atom. The maximum Gasteiger partial charge on any atom is -0.0173 e. The van der Waals surface area contributed by atoms with Crippen LogP contribution in [0.25, 0.3) is 0 Å². The number of hydrogen-bond acceptors (Lipinski definition) is 0. The van der Waals surface area contributed by atoms with Crippen molar-refractivity contribution in [2.75, 3.05) is 0 Å². The summed E-state index contributed by atoms with van der Waals surface area (Å²) in [7, 11) is 0. The van der Waals surface area contributed by atoms with Gasteiger partial charge in [-0.1, -0.05) is 31.9 Å². The van der Waals surface area contributed by atoms with Crippen molar-refractivity contribution in [2.45, 2.75) is 53.4 Å². The van der Waals surface area contributed by atoms with Crippen molar-refractivity contribution in [1.82, 2.24) is 0 Å². The second-order valence-corrected chi connectivity index (χ2v) is 4.69. The van der Waals surface area contributed by atoms with E-state index in [9.17, 15) is 0 Å². The minimum absolute atomic E-state index is 0.402. The molecule has 0 radical (unpaired) electrons. The molecule has 11 heavy (non-hydrogen) atoms. The molecule has 0 aromatic rings. The topological polar surface area (TPSA) is 0 Å². The Bertz CT molecular complexity index is 159. The molecule has 0 nitrogen and oxygen atoms in total. The third kappa shape index (κ3) is 2.08. The van der Waals surface area contributed by atoms with E-state index in [1.807, 2.05) is 0 Å². The van der Waals surface area contributed by atoms with Crippen LogP contribution in [-0.2, 0) is 0 Å². The first-order valence-corrected chi connectivity index (χ1v) is 4.71. The highest BCUT2D eigenvalue weighted by Crippen LogP contribution is 2.35. The summed E-state index contributed by atoms with van der Waals surface area (Å²) < 4.78 is 0. The molecule has 1 aliphatic rings. The molecule has 0 bridgehead atoms. The Morgan fingerprint density at radius 3 is 1.91 bits per heavy atom. The van der Waals surface area contributed by atoms with Gasteiger partial charge < -0.3 is 0 Å². The van der Waals surface area contributed by atoms with Crippen molar-refractivity contribution in [3.8, 4) is 0 Å². The normalized spacial score (nSPS) is 19.1. The van der Waals surface area contributed by atoms with Gasteiger partial charge in [0.15, 0.2) is 0 Å². The van der Waals surface area contributed by atoms with Gasteiger partial charge in [0.25, 0.3) is 0 Å². The van der Waals surface area contributed by atoms with Crippen LogP contribution >= 0.6 is 0 Å². The first kappa shape index (κ1) is 8.83. The average Bonchev–Trinajstić information content (AvgIpc) is 2.34. The van der Waals surface area contributed by atoms with Crippen LogP contribution in [0, 0.1) is 5.41 Å². The molecule has 0 heterocycles. The van der Waals surface area contributed by atoms with E-state index in [-0.39, 0.29) is 0 Å². The second-order valence-electron chi connectivity index (χ2n) is 4.69. The summed E-state index contributed by atoms with van der Waals surface area (Å²) in [5, 5.41) is 0. The van der Waals surface area contributed by atoms with Gasteiger partial charge in [0.1, 0.15) is 0 Å². The monoisotopic (exact) mass is 152 g/mol. The largest absolute Gasteiger partial charge is 0.0708 e. The molecule has 64 valence electrons. The lowest BCUT2D eigenvalue weighted by Gasteiger charge is -2.22. The van der Waals surface area contributed by atoms with Crippen molar-refractivity contribution < 1.29 is 0 Å². The molecular weight excluding hydrogens is 132 g/mol. The molecule has 0 N–H and O–H groups in total. The van der Waals surface area contributed by atoms with Crippen molar-refractivity contribution in [3.05, 3.63) is 11.1 Å². The van der Waals surface area contributed by atoms with Gasteiger partial charge in [0.2, 0.25) is 0 Å². The van der Waals surface area contributed by atoms with E-state index in [1.165, 1.54) is 25.7 Å². The lowest BCUT2D eigenvalue weighted by molar-refractivity contribution is 0.496. The average molecular weight is 152 g/mol. The van der Waals surface area contributed by atoms with Gasteiger partial charge in [0.05, 0.1) is 0 Å². The minimum Gasteiger partial charge on any atom is -0.0708 e. The number of allylic oxidation sites excluding steroid dienone is 2. The van der Waals surface area contributed by atoms with Crippen molar-refractivity contribution >= 4 is 0 Å². The fourth-order valence-electron chi connectivity index (χ4n) is 1.71. The third-order valence-electron chi connectivity index (χ3n) is 2.86. The molecule has 0 saturated heterocycles. The smallest absolute Gasteiger partial charge is 0.0173 e. The highest BCUT2D eigenvalue weighted by atomic mass is 14.2. The zero-order valence-electron chi connectivity index (χ0n) is 8.33. The summed E-state index contributed by atoms with van der Waals surface area (Å²) in [4.78, 5) is 0. The van der Waals surface area contributed by atoms with Crippen LogP contribution in [0.3, 0.4) is 0 Å². The van der Waals surface area contributed by atoms with Gasteiger partial charge in [-0.2, -0.15) is 0 Å². The van der Waals surface area contributed by atoms with Crippen LogP contribution in [0.2, 0.25) is 0 Å². The molecule has 1 rings (SSSR count). The van der Waals surface area contributed by atoms with Crippen LogP contribution in [0.4, 0.5) is 0 Å². The summed E-state index contributed by atoms with van der Waals surface area (Å²) in [6, 6.07) is 0. The highest BCUT2D eigenvalue weighted by Gasteiger charge is 2.18. The van der Waals surface area contributed by atoms with Crippen LogP contribution in [0.15, 0.2) is 11.1 Å². The van der Waals surface area contributed by atoms with Crippen LogP contribution in [0.1, 0.15) is 53.4 Å². The van der Waals surface area contributed by atoms with Gasteiger partial charge in [-0.05, 0) is 38.0 Å². The van der Waals surface area contributed by atoms with Gasteiger partial charge in [0, 0.05) is 0 Å². The quantitative estimate of drug-likeness (QED) is 0.461. The van der Waals surface area contributed by atoms with E-state index < -0.39 is 0 Å². The lowest BCUT2D eigenvalue weighted by atomic mass is 9.84. The summed E-state index contributed by atoms with van der Waals surface area (Å²) in [5.41, 5.74) is 3.77. The maximum atomic E-state index is 2.31. The Hall–Kier alpha value is -0.260. The molecule has 0 heteroatoms. The van der Waals surface area contributed by atoms with Gasteiger partial charge in [-0.25, -0.2) is 0 Å².